The van der Waals surface area contributed by atoms with Gasteiger partial charge in [0.1, 0.15) is 0 Å². The number of rotatable bonds is 14. The van der Waals surface area contributed by atoms with Crippen molar-refractivity contribution in [3.8, 4) is 0 Å². The minimum absolute atomic E-state index is 0.0232. The third kappa shape index (κ3) is 6.90. The highest BCUT2D eigenvalue weighted by Crippen LogP contribution is 2.71. The normalized spacial score (nSPS) is 12.5. The minimum Gasteiger partial charge on any atom is -0.308 e. The predicted molar refractivity (Wildman–Crippen MR) is 103 cm³/mol. The summed E-state index contributed by atoms with van der Waals surface area (Å²) in [6, 6.07) is 3.29. The van der Waals surface area contributed by atoms with Crippen LogP contribution in [0.25, 0.3) is 0 Å². The zero-order valence-corrected chi connectivity index (χ0v) is 18.1. The zero-order chi connectivity index (χ0) is 20.3. The third-order valence-corrected chi connectivity index (χ3v) is 9.73. The molecule has 1 heterocycles. The van der Waals surface area contributed by atoms with Gasteiger partial charge in [-0.15, -0.1) is 0 Å². The molecular formula is C17H29NO7P2. The van der Waals surface area contributed by atoms with E-state index in [1.165, 1.54) is 6.20 Å². The lowest BCUT2D eigenvalue weighted by atomic mass is 10.1. The summed E-state index contributed by atoms with van der Waals surface area (Å²) in [4.78, 5) is 16.4. The first-order valence-corrected chi connectivity index (χ1v) is 12.3. The standard InChI is InChI=1S/C17H29NO7P2/c1-5-22-26(20,23-6-2)17(27(21,24-7-3)25-8-4)12-11-16(19)15-10-9-13-18-14-15/h9-10,13-14,17H,5-8,11-12H2,1-4H3. The van der Waals surface area contributed by atoms with Crippen molar-refractivity contribution in [3.05, 3.63) is 30.1 Å². The monoisotopic (exact) mass is 421 g/mol. The lowest BCUT2D eigenvalue weighted by molar-refractivity contribution is 0.0979. The molecule has 0 saturated heterocycles. The van der Waals surface area contributed by atoms with Crippen LogP contribution < -0.4 is 0 Å². The van der Waals surface area contributed by atoms with Gasteiger partial charge in [-0.05, 0) is 46.2 Å². The summed E-state index contributed by atoms with van der Waals surface area (Å²) in [5.74, 6) is -0.216. The highest BCUT2D eigenvalue weighted by atomic mass is 31.2. The van der Waals surface area contributed by atoms with E-state index in [1.807, 2.05) is 0 Å². The Morgan fingerprint density at radius 2 is 1.44 bits per heavy atom. The van der Waals surface area contributed by atoms with Gasteiger partial charge in [0, 0.05) is 24.4 Å². The van der Waals surface area contributed by atoms with Gasteiger partial charge in [-0.1, -0.05) is 0 Å². The maximum absolute atomic E-state index is 13.4. The number of hydrogen-bond acceptors (Lipinski definition) is 8. The fraction of sp³-hybridized carbons (Fsp3) is 0.647. The van der Waals surface area contributed by atoms with E-state index in [9.17, 15) is 13.9 Å². The summed E-state index contributed by atoms with van der Waals surface area (Å²) >= 11 is 0. The quantitative estimate of drug-likeness (QED) is 0.309. The van der Waals surface area contributed by atoms with Crippen molar-refractivity contribution in [2.24, 2.45) is 0 Å². The second-order valence-corrected chi connectivity index (χ2v) is 10.3. The molecule has 1 aromatic heterocycles. The average Bonchev–Trinajstić information content (AvgIpc) is 2.63. The Morgan fingerprint density at radius 3 is 1.81 bits per heavy atom. The summed E-state index contributed by atoms with van der Waals surface area (Å²) in [6.07, 6.45) is 2.97. The SMILES string of the molecule is CCOP(=O)(OCC)C(CCC(=O)c1cccnc1)P(=O)(OCC)OCC. The summed E-state index contributed by atoms with van der Waals surface area (Å²) in [5.41, 5.74) is 0.418. The topological polar surface area (TPSA) is 101 Å². The Morgan fingerprint density at radius 1 is 0.963 bits per heavy atom. The van der Waals surface area contributed by atoms with Crippen LogP contribution in [0.15, 0.2) is 24.5 Å². The Labute approximate surface area is 161 Å². The minimum atomic E-state index is -3.84. The first kappa shape index (κ1) is 24.2. The lowest BCUT2D eigenvalue weighted by Crippen LogP contribution is -2.19. The molecule has 27 heavy (non-hydrogen) atoms. The molecule has 0 unspecified atom stereocenters. The molecule has 0 aliphatic carbocycles. The van der Waals surface area contributed by atoms with E-state index in [0.29, 0.717) is 5.56 Å². The second-order valence-electron chi connectivity index (χ2n) is 5.43. The van der Waals surface area contributed by atoms with Crippen LogP contribution in [0.3, 0.4) is 0 Å². The molecule has 0 aliphatic rings. The van der Waals surface area contributed by atoms with Gasteiger partial charge >= 0.3 is 15.2 Å². The molecule has 0 N–H and O–H groups in total. The Kier molecular flexibility index (Phi) is 10.6. The van der Waals surface area contributed by atoms with Crippen LogP contribution in [-0.4, -0.2) is 42.6 Å². The molecule has 0 radical (unpaired) electrons. The number of nitrogens with zero attached hydrogens (tertiary/aromatic N) is 1. The molecule has 1 aromatic rings. The number of aromatic nitrogens is 1. The van der Waals surface area contributed by atoms with Crippen molar-refractivity contribution in [1.82, 2.24) is 4.98 Å². The van der Waals surface area contributed by atoms with Crippen LogP contribution in [0.1, 0.15) is 50.9 Å². The molecule has 8 nitrogen and oxygen atoms in total. The number of hydrogen-bond donors (Lipinski definition) is 0. The number of ketones is 1. The van der Waals surface area contributed by atoms with E-state index in [0.717, 1.165) is 0 Å². The van der Waals surface area contributed by atoms with Gasteiger partial charge in [-0.25, -0.2) is 0 Å². The van der Waals surface area contributed by atoms with E-state index in [4.69, 9.17) is 18.1 Å². The second kappa shape index (κ2) is 11.8. The fourth-order valence-corrected chi connectivity index (χ4v) is 7.91. The summed E-state index contributed by atoms with van der Waals surface area (Å²) in [7, 11) is -7.68. The Balaban J connectivity index is 3.17. The number of pyridine rings is 1. The van der Waals surface area contributed by atoms with Crippen LogP contribution in [0.4, 0.5) is 0 Å². The van der Waals surface area contributed by atoms with Crippen LogP contribution >= 0.6 is 15.2 Å². The zero-order valence-electron chi connectivity index (χ0n) is 16.3. The van der Waals surface area contributed by atoms with Gasteiger partial charge in [0.2, 0.25) is 0 Å². The van der Waals surface area contributed by atoms with Crippen LogP contribution in [0.5, 0.6) is 0 Å². The van der Waals surface area contributed by atoms with Crippen LogP contribution in [0.2, 0.25) is 0 Å². The van der Waals surface area contributed by atoms with Crippen molar-refractivity contribution in [1.29, 1.82) is 0 Å². The van der Waals surface area contributed by atoms with E-state index >= 15 is 0 Å². The van der Waals surface area contributed by atoms with Crippen molar-refractivity contribution >= 4 is 21.0 Å². The summed E-state index contributed by atoms with van der Waals surface area (Å²) in [6.45, 7) is 7.05. The highest BCUT2D eigenvalue weighted by Gasteiger charge is 2.50. The highest BCUT2D eigenvalue weighted by molar-refractivity contribution is 7.72. The van der Waals surface area contributed by atoms with E-state index in [1.54, 1.807) is 46.0 Å². The molecule has 0 spiro atoms. The molecule has 0 bridgehead atoms. The van der Waals surface area contributed by atoms with Gasteiger partial charge in [0.25, 0.3) is 0 Å². The van der Waals surface area contributed by atoms with Gasteiger partial charge in [-0.3, -0.25) is 18.9 Å². The van der Waals surface area contributed by atoms with Crippen molar-refractivity contribution < 1.29 is 32.0 Å². The third-order valence-electron chi connectivity index (χ3n) is 3.58. The maximum atomic E-state index is 13.4. The summed E-state index contributed by atoms with van der Waals surface area (Å²) in [5, 5.41) is -1.19. The molecule has 0 aliphatic heterocycles. The van der Waals surface area contributed by atoms with Gasteiger partial charge in [0.15, 0.2) is 11.2 Å². The first-order valence-electron chi connectivity index (χ1n) is 9.07. The molecule has 10 heteroatoms. The van der Waals surface area contributed by atoms with E-state index in [-0.39, 0.29) is 45.1 Å². The molecular weight excluding hydrogens is 392 g/mol. The smallest absolute Gasteiger partial charge is 0.308 e. The Bertz CT molecular complexity index is 619. The molecule has 154 valence electrons. The fourth-order valence-electron chi connectivity index (χ4n) is 2.56. The number of carbonyl (C=O) groups is 1. The van der Waals surface area contributed by atoms with E-state index < -0.39 is 20.6 Å². The van der Waals surface area contributed by atoms with Crippen molar-refractivity contribution in [2.75, 3.05) is 26.4 Å². The van der Waals surface area contributed by atoms with Gasteiger partial charge in [0.05, 0.1) is 26.4 Å². The molecule has 0 aromatic carbocycles. The lowest BCUT2D eigenvalue weighted by Gasteiger charge is -2.31. The molecule has 0 fully saturated rings. The maximum Gasteiger partial charge on any atom is 0.345 e. The van der Waals surface area contributed by atoms with Gasteiger partial charge < -0.3 is 18.1 Å². The van der Waals surface area contributed by atoms with Crippen LogP contribution in [0, 0.1) is 0 Å². The van der Waals surface area contributed by atoms with Crippen LogP contribution in [-0.2, 0) is 27.2 Å². The Hall–Kier alpha value is -0.880. The first-order chi connectivity index (χ1) is 12.9. The number of carbonyl (C=O) groups excluding carboxylic acids is 1. The number of Topliss-reactive ketones (excluding diaryl/α,β-unsaturated/α-hetero) is 1. The van der Waals surface area contributed by atoms with E-state index in [2.05, 4.69) is 4.98 Å². The molecule has 0 amide bonds. The predicted octanol–water partition coefficient (Wildman–Crippen LogP) is 4.90. The molecule has 1 rings (SSSR count). The largest absolute Gasteiger partial charge is 0.345 e. The molecule has 0 saturated carbocycles. The molecule has 0 atom stereocenters. The van der Waals surface area contributed by atoms with Gasteiger partial charge in [-0.2, -0.15) is 0 Å². The average molecular weight is 421 g/mol. The van der Waals surface area contributed by atoms with Crippen molar-refractivity contribution in [3.63, 3.8) is 0 Å². The summed E-state index contributed by atoms with van der Waals surface area (Å²) < 4.78 is 48.3. The van der Waals surface area contributed by atoms with Crippen molar-refractivity contribution in [2.45, 2.75) is 45.9 Å².